The van der Waals surface area contributed by atoms with E-state index in [9.17, 15) is 5.11 Å². The molecule has 1 aromatic heterocycles. The van der Waals surface area contributed by atoms with E-state index in [1.54, 1.807) is 0 Å². The van der Waals surface area contributed by atoms with Crippen LogP contribution in [0.4, 0.5) is 5.82 Å². The van der Waals surface area contributed by atoms with Crippen LogP contribution in [0.1, 0.15) is 18.9 Å². The molecule has 1 fully saturated rings. The van der Waals surface area contributed by atoms with E-state index in [-0.39, 0.29) is 6.10 Å². The van der Waals surface area contributed by atoms with Gasteiger partial charge in [-0.3, -0.25) is 4.90 Å². The van der Waals surface area contributed by atoms with Gasteiger partial charge in [-0.1, -0.05) is 6.07 Å². The van der Waals surface area contributed by atoms with Crippen molar-refractivity contribution in [1.82, 2.24) is 9.88 Å². The van der Waals surface area contributed by atoms with Gasteiger partial charge in [-0.15, -0.1) is 0 Å². The second-order valence-corrected chi connectivity index (χ2v) is 4.72. The Morgan fingerprint density at radius 3 is 3.00 bits per heavy atom. The minimum Gasteiger partial charge on any atom is -0.393 e. The number of nitrogen functional groups attached to an aromatic ring is 1. The van der Waals surface area contributed by atoms with Gasteiger partial charge < -0.3 is 10.5 Å². The lowest BCUT2D eigenvalue weighted by atomic mass is 10.0. The second kappa shape index (κ2) is 5.44. The van der Waals surface area contributed by atoms with Gasteiger partial charge in [-0.25, -0.2) is 10.8 Å². The van der Waals surface area contributed by atoms with Gasteiger partial charge in [-0.2, -0.15) is 0 Å². The van der Waals surface area contributed by atoms with Crippen LogP contribution >= 0.6 is 0 Å². The number of hydrogen-bond donors (Lipinski definition) is 3. The molecule has 4 N–H and O–H groups in total. The first-order valence-electron chi connectivity index (χ1n) is 6.01. The van der Waals surface area contributed by atoms with Crippen LogP contribution in [0.3, 0.4) is 0 Å². The van der Waals surface area contributed by atoms with Crippen LogP contribution in [-0.4, -0.2) is 34.2 Å². The molecule has 1 aliphatic rings. The highest BCUT2D eigenvalue weighted by Crippen LogP contribution is 2.21. The summed E-state index contributed by atoms with van der Waals surface area (Å²) in [5.41, 5.74) is 3.69. The molecule has 0 radical (unpaired) electrons. The molecular weight excluding hydrogens is 216 g/mol. The number of hydrogen-bond acceptors (Lipinski definition) is 5. The number of nitrogens with zero attached hydrogens (tertiary/aromatic N) is 2. The van der Waals surface area contributed by atoms with E-state index in [1.165, 1.54) is 5.56 Å². The van der Waals surface area contributed by atoms with Crippen molar-refractivity contribution in [3.63, 3.8) is 0 Å². The molecule has 2 heterocycles. The van der Waals surface area contributed by atoms with Gasteiger partial charge >= 0.3 is 0 Å². The lowest BCUT2D eigenvalue weighted by molar-refractivity contribution is 0.127. The van der Waals surface area contributed by atoms with Crippen LogP contribution in [0.25, 0.3) is 0 Å². The zero-order valence-electron chi connectivity index (χ0n) is 10.1. The van der Waals surface area contributed by atoms with Crippen molar-refractivity contribution in [1.29, 1.82) is 0 Å². The Balaban J connectivity index is 1.89. The number of rotatable bonds is 4. The highest BCUT2D eigenvalue weighted by atomic mass is 16.3. The minimum absolute atomic E-state index is 0.207. The summed E-state index contributed by atoms with van der Waals surface area (Å²) in [5, 5.41) is 9.54. The summed E-state index contributed by atoms with van der Waals surface area (Å²) in [6.07, 6.45) is 2.71. The maximum absolute atomic E-state index is 9.54. The van der Waals surface area contributed by atoms with E-state index < -0.39 is 0 Å². The molecule has 0 spiro atoms. The third-order valence-electron chi connectivity index (χ3n) is 3.37. The van der Waals surface area contributed by atoms with Gasteiger partial charge in [0.1, 0.15) is 5.82 Å². The van der Waals surface area contributed by atoms with Gasteiger partial charge in [0.25, 0.3) is 0 Å². The molecule has 0 aromatic carbocycles. The van der Waals surface area contributed by atoms with Crippen molar-refractivity contribution in [2.45, 2.75) is 26.0 Å². The number of hydrazine groups is 1. The molecule has 1 aromatic rings. The third kappa shape index (κ3) is 3.15. The summed E-state index contributed by atoms with van der Waals surface area (Å²) in [6, 6.07) is 3.90. The van der Waals surface area contributed by atoms with Crippen molar-refractivity contribution in [3.8, 4) is 0 Å². The van der Waals surface area contributed by atoms with Gasteiger partial charge in [-0.05, 0) is 37.4 Å². The SMILES string of the molecule is CC(O)C1CCN(Cc2ccc(NN)nc2)C1. The molecule has 1 aliphatic heterocycles. The van der Waals surface area contributed by atoms with E-state index in [0.29, 0.717) is 11.7 Å². The molecule has 5 nitrogen and oxygen atoms in total. The van der Waals surface area contributed by atoms with E-state index in [0.717, 1.165) is 26.1 Å². The molecule has 0 amide bonds. The molecule has 2 unspecified atom stereocenters. The Hall–Kier alpha value is -1.17. The first-order chi connectivity index (χ1) is 8.19. The summed E-state index contributed by atoms with van der Waals surface area (Å²) < 4.78 is 0. The van der Waals surface area contributed by atoms with Crippen LogP contribution < -0.4 is 11.3 Å². The first-order valence-corrected chi connectivity index (χ1v) is 6.01. The zero-order chi connectivity index (χ0) is 12.3. The second-order valence-electron chi connectivity index (χ2n) is 4.72. The monoisotopic (exact) mass is 236 g/mol. The number of aliphatic hydroxyl groups is 1. The molecule has 94 valence electrons. The third-order valence-corrected chi connectivity index (χ3v) is 3.37. The Bertz CT molecular complexity index is 352. The molecule has 1 saturated heterocycles. The smallest absolute Gasteiger partial charge is 0.139 e. The number of likely N-dealkylation sites (tertiary alicyclic amines) is 1. The lowest BCUT2D eigenvalue weighted by Gasteiger charge is -2.17. The topological polar surface area (TPSA) is 74.4 Å². The van der Waals surface area contributed by atoms with Crippen molar-refractivity contribution in [3.05, 3.63) is 23.9 Å². The fourth-order valence-electron chi connectivity index (χ4n) is 2.26. The highest BCUT2D eigenvalue weighted by Gasteiger charge is 2.25. The highest BCUT2D eigenvalue weighted by molar-refractivity contribution is 5.33. The molecule has 2 rings (SSSR count). The quantitative estimate of drug-likeness (QED) is 0.526. The lowest BCUT2D eigenvalue weighted by Crippen LogP contribution is -2.24. The first kappa shape index (κ1) is 12.3. The molecule has 0 aliphatic carbocycles. The summed E-state index contributed by atoms with van der Waals surface area (Å²) >= 11 is 0. The van der Waals surface area contributed by atoms with Crippen LogP contribution in [0, 0.1) is 5.92 Å². The standard InChI is InChI=1S/C12H20N4O/c1-9(17)11-4-5-16(8-11)7-10-2-3-12(15-13)14-6-10/h2-3,6,9,11,17H,4-5,7-8,13H2,1H3,(H,14,15). The summed E-state index contributed by atoms with van der Waals surface area (Å²) in [6.45, 7) is 4.78. The summed E-state index contributed by atoms with van der Waals surface area (Å²) in [5.74, 6) is 6.35. The number of aliphatic hydroxyl groups excluding tert-OH is 1. The van der Waals surface area contributed by atoms with Gasteiger partial charge in [0, 0.05) is 19.3 Å². The Kier molecular flexibility index (Phi) is 3.93. The van der Waals surface area contributed by atoms with Crippen LogP contribution in [-0.2, 0) is 6.54 Å². The molecule has 17 heavy (non-hydrogen) atoms. The maximum Gasteiger partial charge on any atom is 0.139 e. The van der Waals surface area contributed by atoms with Crippen molar-refractivity contribution in [2.75, 3.05) is 18.5 Å². The largest absolute Gasteiger partial charge is 0.393 e. The van der Waals surface area contributed by atoms with Crippen molar-refractivity contribution < 1.29 is 5.11 Å². The Labute approximate surface area is 102 Å². The predicted octanol–water partition coefficient (Wildman–Crippen LogP) is 0.570. The van der Waals surface area contributed by atoms with Crippen molar-refractivity contribution >= 4 is 5.82 Å². The molecule has 5 heteroatoms. The van der Waals surface area contributed by atoms with E-state index in [1.807, 2.05) is 25.3 Å². The number of anilines is 1. The van der Waals surface area contributed by atoms with E-state index >= 15 is 0 Å². The number of pyridine rings is 1. The van der Waals surface area contributed by atoms with Crippen LogP contribution in [0.15, 0.2) is 18.3 Å². The molecule has 0 saturated carbocycles. The predicted molar refractivity (Wildman–Crippen MR) is 67.1 cm³/mol. The fourth-order valence-corrected chi connectivity index (χ4v) is 2.26. The van der Waals surface area contributed by atoms with Crippen LogP contribution in [0.5, 0.6) is 0 Å². The minimum atomic E-state index is -0.207. The van der Waals surface area contributed by atoms with Gasteiger partial charge in [0.2, 0.25) is 0 Å². The number of nitrogens with two attached hydrogens (primary N) is 1. The number of aromatic nitrogens is 1. The average Bonchev–Trinajstić information content (AvgIpc) is 2.79. The average molecular weight is 236 g/mol. The number of nitrogens with one attached hydrogen (secondary N) is 1. The zero-order valence-corrected chi connectivity index (χ0v) is 10.1. The van der Waals surface area contributed by atoms with Crippen molar-refractivity contribution in [2.24, 2.45) is 11.8 Å². The van der Waals surface area contributed by atoms with E-state index in [2.05, 4.69) is 15.3 Å². The summed E-state index contributed by atoms with van der Waals surface area (Å²) in [4.78, 5) is 6.53. The fraction of sp³-hybridized carbons (Fsp3) is 0.583. The van der Waals surface area contributed by atoms with Gasteiger partial charge in [0.15, 0.2) is 0 Å². The molecular formula is C12H20N4O. The Morgan fingerprint density at radius 1 is 1.65 bits per heavy atom. The normalized spacial score (nSPS) is 22.6. The summed E-state index contributed by atoms with van der Waals surface area (Å²) in [7, 11) is 0. The Morgan fingerprint density at radius 2 is 2.47 bits per heavy atom. The van der Waals surface area contributed by atoms with Crippen LogP contribution in [0.2, 0.25) is 0 Å². The van der Waals surface area contributed by atoms with E-state index in [4.69, 9.17) is 5.84 Å². The van der Waals surface area contributed by atoms with Gasteiger partial charge in [0.05, 0.1) is 6.10 Å². The molecule has 2 atom stereocenters. The molecule has 0 bridgehead atoms. The maximum atomic E-state index is 9.54.